The number of halogens is 2. The van der Waals surface area contributed by atoms with Crippen LogP contribution in [-0.2, 0) is 11.4 Å². The average Bonchev–Trinajstić information content (AvgIpc) is 2.63. The zero-order valence-electron chi connectivity index (χ0n) is 15.1. The van der Waals surface area contributed by atoms with E-state index >= 15 is 0 Å². The van der Waals surface area contributed by atoms with E-state index in [-0.39, 0.29) is 30.7 Å². The third-order valence-electron chi connectivity index (χ3n) is 4.45. The first kappa shape index (κ1) is 24.2. The van der Waals surface area contributed by atoms with Crippen molar-refractivity contribution >= 4 is 36.4 Å². The number of nitrogens with zero attached hydrogens (tertiary/aromatic N) is 1. The van der Waals surface area contributed by atoms with Crippen molar-refractivity contribution in [2.75, 3.05) is 11.9 Å². The van der Waals surface area contributed by atoms with Crippen molar-refractivity contribution in [1.82, 2.24) is 4.98 Å². The highest BCUT2D eigenvalue weighted by Crippen LogP contribution is 2.28. The molecular formula is C19H27Cl2N3O2. The summed E-state index contributed by atoms with van der Waals surface area (Å²) < 4.78 is 5.76. The highest BCUT2D eigenvalue weighted by Gasteiger charge is 2.33. The minimum absolute atomic E-state index is 0. The van der Waals surface area contributed by atoms with Crippen LogP contribution in [0, 0.1) is 5.41 Å². The average molecular weight is 400 g/mol. The third kappa shape index (κ3) is 6.16. The molecule has 0 atom stereocenters. The lowest BCUT2D eigenvalue weighted by molar-refractivity contribution is -0.125. The zero-order valence-corrected chi connectivity index (χ0v) is 16.7. The normalized spacial score (nSPS) is 10.3. The summed E-state index contributed by atoms with van der Waals surface area (Å²) >= 11 is 0. The van der Waals surface area contributed by atoms with Gasteiger partial charge in [0.05, 0.1) is 5.41 Å². The Balaban J connectivity index is 0.00000312. The first-order chi connectivity index (χ1) is 11.6. The van der Waals surface area contributed by atoms with Crippen LogP contribution in [0.4, 0.5) is 5.69 Å². The molecule has 2 aromatic rings. The number of amides is 1. The molecule has 0 aliphatic heterocycles. The van der Waals surface area contributed by atoms with Crippen molar-refractivity contribution in [3.8, 4) is 5.75 Å². The Kier molecular flexibility index (Phi) is 10.9. The standard InChI is InChI=1S/C19H25N3O2.2ClH/c1-3-19(4-2,14-20)18(23)22-16-8-5-9-17(11-16)24-13-15-7-6-10-21-12-15;;/h5-12H,3-4,13-14,20H2,1-2H3,(H,22,23);2*1H. The van der Waals surface area contributed by atoms with Gasteiger partial charge in [0.1, 0.15) is 12.4 Å². The summed E-state index contributed by atoms with van der Waals surface area (Å²) in [5.41, 5.74) is 7.02. The Hall–Kier alpha value is -1.82. The molecule has 0 unspecified atom stereocenters. The van der Waals surface area contributed by atoms with Crippen molar-refractivity contribution in [3.63, 3.8) is 0 Å². The van der Waals surface area contributed by atoms with Gasteiger partial charge in [-0.15, -0.1) is 24.8 Å². The van der Waals surface area contributed by atoms with Crippen LogP contribution in [0.25, 0.3) is 0 Å². The maximum atomic E-state index is 12.6. The lowest BCUT2D eigenvalue weighted by atomic mass is 9.81. The molecule has 3 N–H and O–H groups in total. The van der Waals surface area contributed by atoms with Crippen LogP contribution in [0.2, 0.25) is 0 Å². The molecule has 1 aromatic heterocycles. The molecule has 0 saturated heterocycles. The Morgan fingerprint density at radius 2 is 1.92 bits per heavy atom. The fourth-order valence-corrected chi connectivity index (χ4v) is 2.53. The molecule has 0 aliphatic carbocycles. The fourth-order valence-electron chi connectivity index (χ4n) is 2.53. The number of rotatable bonds is 8. The SMILES string of the molecule is CCC(CC)(CN)C(=O)Nc1cccc(OCc2cccnc2)c1.Cl.Cl. The minimum atomic E-state index is -0.521. The van der Waals surface area contributed by atoms with Gasteiger partial charge in [-0.25, -0.2) is 0 Å². The number of nitrogens with two attached hydrogens (primary N) is 1. The van der Waals surface area contributed by atoms with E-state index < -0.39 is 5.41 Å². The lowest BCUT2D eigenvalue weighted by Gasteiger charge is -2.28. The minimum Gasteiger partial charge on any atom is -0.489 e. The molecule has 0 bridgehead atoms. The van der Waals surface area contributed by atoms with Crippen molar-refractivity contribution in [2.24, 2.45) is 11.1 Å². The highest BCUT2D eigenvalue weighted by atomic mass is 35.5. The van der Waals surface area contributed by atoms with E-state index in [1.165, 1.54) is 0 Å². The molecule has 1 aromatic carbocycles. The molecule has 7 heteroatoms. The molecular weight excluding hydrogens is 373 g/mol. The maximum Gasteiger partial charge on any atom is 0.231 e. The number of nitrogens with one attached hydrogen (secondary N) is 1. The number of carbonyl (C=O) groups is 1. The molecule has 0 spiro atoms. The second-order valence-corrected chi connectivity index (χ2v) is 5.82. The molecule has 0 saturated carbocycles. The van der Waals surface area contributed by atoms with Crippen LogP contribution in [0.1, 0.15) is 32.3 Å². The molecule has 2 rings (SSSR count). The van der Waals surface area contributed by atoms with Gasteiger partial charge in [0.15, 0.2) is 0 Å². The summed E-state index contributed by atoms with van der Waals surface area (Å²) in [7, 11) is 0. The van der Waals surface area contributed by atoms with Gasteiger partial charge in [-0.05, 0) is 31.0 Å². The van der Waals surface area contributed by atoms with Crippen LogP contribution in [0.3, 0.4) is 0 Å². The number of hydrogen-bond donors (Lipinski definition) is 2. The smallest absolute Gasteiger partial charge is 0.231 e. The van der Waals surface area contributed by atoms with Crippen molar-refractivity contribution in [2.45, 2.75) is 33.3 Å². The first-order valence-electron chi connectivity index (χ1n) is 8.27. The van der Waals surface area contributed by atoms with Gasteiger partial charge in [-0.1, -0.05) is 26.0 Å². The monoisotopic (exact) mass is 399 g/mol. The number of anilines is 1. The summed E-state index contributed by atoms with van der Waals surface area (Å²) in [6, 6.07) is 11.2. The molecule has 0 fully saturated rings. The lowest BCUT2D eigenvalue weighted by Crippen LogP contribution is -2.41. The predicted molar refractivity (Wildman–Crippen MR) is 110 cm³/mol. The topological polar surface area (TPSA) is 77.2 Å². The zero-order chi connectivity index (χ0) is 17.4. The number of aromatic nitrogens is 1. The van der Waals surface area contributed by atoms with Gasteiger partial charge in [-0.2, -0.15) is 0 Å². The van der Waals surface area contributed by atoms with Gasteiger partial charge in [-0.3, -0.25) is 9.78 Å². The largest absolute Gasteiger partial charge is 0.489 e. The van der Waals surface area contributed by atoms with Crippen LogP contribution >= 0.6 is 24.8 Å². The summed E-state index contributed by atoms with van der Waals surface area (Å²) in [6.45, 7) is 4.75. The van der Waals surface area contributed by atoms with Gasteiger partial charge in [0.25, 0.3) is 0 Å². The van der Waals surface area contributed by atoms with Crippen LogP contribution in [0.15, 0.2) is 48.8 Å². The molecule has 5 nitrogen and oxygen atoms in total. The van der Waals surface area contributed by atoms with E-state index in [1.54, 1.807) is 12.4 Å². The number of ether oxygens (including phenoxy) is 1. The number of pyridine rings is 1. The van der Waals surface area contributed by atoms with E-state index in [2.05, 4.69) is 10.3 Å². The van der Waals surface area contributed by atoms with E-state index in [0.29, 0.717) is 37.4 Å². The van der Waals surface area contributed by atoms with Gasteiger partial charge in [0, 0.05) is 36.3 Å². The van der Waals surface area contributed by atoms with Crippen molar-refractivity contribution in [1.29, 1.82) is 0 Å². The second-order valence-electron chi connectivity index (χ2n) is 5.82. The predicted octanol–water partition coefficient (Wildman–Crippen LogP) is 4.21. The Labute approximate surface area is 167 Å². The Morgan fingerprint density at radius 1 is 1.19 bits per heavy atom. The van der Waals surface area contributed by atoms with Crippen molar-refractivity contribution < 1.29 is 9.53 Å². The van der Waals surface area contributed by atoms with E-state index in [9.17, 15) is 4.79 Å². The van der Waals surface area contributed by atoms with Crippen LogP contribution < -0.4 is 15.8 Å². The fraction of sp³-hybridized carbons (Fsp3) is 0.368. The molecule has 1 heterocycles. The summed E-state index contributed by atoms with van der Waals surface area (Å²) in [6.07, 6.45) is 4.92. The molecule has 144 valence electrons. The number of benzene rings is 1. The van der Waals surface area contributed by atoms with Gasteiger partial charge >= 0.3 is 0 Å². The van der Waals surface area contributed by atoms with E-state index in [4.69, 9.17) is 10.5 Å². The highest BCUT2D eigenvalue weighted by molar-refractivity contribution is 5.95. The van der Waals surface area contributed by atoms with E-state index in [1.807, 2.05) is 50.2 Å². The van der Waals surface area contributed by atoms with Gasteiger partial charge in [0.2, 0.25) is 5.91 Å². The van der Waals surface area contributed by atoms with E-state index in [0.717, 1.165) is 5.56 Å². The quantitative estimate of drug-likeness (QED) is 0.696. The Bertz CT molecular complexity index is 657. The molecule has 1 amide bonds. The summed E-state index contributed by atoms with van der Waals surface area (Å²) in [5.74, 6) is 0.655. The summed E-state index contributed by atoms with van der Waals surface area (Å²) in [5, 5.41) is 2.96. The summed E-state index contributed by atoms with van der Waals surface area (Å²) in [4.78, 5) is 16.6. The molecule has 26 heavy (non-hydrogen) atoms. The van der Waals surface area contributed by atoms with Crippen molar-refractivity contribution in [3.05, 3.63) is 54.4 Å². The second kappa shape index (κ2) is 11.7. The Morgan fingerprint density at radius 3 is 2.50 bits per heavy atom. The molecule has 0 aliphatic rings. The van der Waals surface area contributed by atoms with Crippen LogP contribution in [0.5, 0.6) is 5.75 Å². The maximum absolute atomic E-state index is 12.6. The van der Waals surface area contributed by atoms with Crippen LogP contribution in [-0.4, -0.2) is 17.4 Å². The first-order valence-corrected chi connectivity index (χ1v) is 8.27. The third-order valence-corrected chi connectivity index (χ3v) is 4.45. The number of carbonyl (C=O) groups excluding carboxylic acids is 1. The number of hydrogen-bond acceptors (Lipinski definition) is 4. The van der Waals surface area contributed by atoms with Gasteiger partial charge < -0.3 is 15.8 Å². The molecule has 0 radical (unpaired) electrons.